The van der Waals surface area contributed by atoms with E-state index in [9.17, 15) is 0 Å². The van der Waals surface area contributed by atoms with Gasteiger partial charge in [-0.15, -0.1) is 0 Å². The number of nitrogens with zero attached hydrogens (tertiary/aromatic N) is 2. The van der Waals surface area contributed by atoms with Gasteiger partial charge in [0.1, 0.15) is 5.82 Å². The van der Waals surface area contributed by atoms with E-state index < -0.39 is 0 Å². The average molecular weight is 264 g/mol. The van der Waals surface area contributed by atoms with Crippen LogP contribution in [0.25, 0.3) is 0 Å². The molecule has 1 fully saturated rings. The van der Waals surface area contributed by atoms with E-state index in [0.29, 0.717) is 6.04 Å². The second-order valence-electron chi connectivity index (χ2n) is 5.14. The molecule has 0 amide bonds. The lowest BCUT2D eigenvalue weighted by Gasteiger charge is -2.36. The summed E-state index contributed by atoms with van der Waals surface area (Å²) in [7, 11) is 2.18. The summed E-state index contributed by atoms with van der Waals surface area (Å²) in [6.07, 6.45) is 2.36. The first-order valence-electron chi connectivity index (χ1n) is 6.38. The van der Waals surface area contributed by atoms with Crippen molar-refractivity contribution in [2.45, 2.75) is 18.9 Å². The summed E-state index contributed by atoms with van der Waals surface area (Å²) in [5.74, 6) is 0.974. The van der Waals surface area contributed by atoms with Crippen LogP contribution in [-0.2, 0) is 0 Å². The molecule has 1 N–H and O–H groups in total. The molecule has 1 aromatic carbocycles. The molecule has 0 aliphatic carbocycles. The molecule has 0 aromatic heterocycles. The second kappa shape index (κ2) is 4.48. The fraction of sp³-hybridized carbons (Fsp3) is 0.429. The highest BCUT2D eigenvalue weighted by Crippen LogP contribution is 2.40. The van der Waals surface area contributed by atoms with Gasteiger partial charge in [0.05, 0.1) is 11.4 Å². The number of hydrogen-bond donors (Lipinski definition) is 1. The minimum atomic E-state index is 0.545. The maximum atomic E-state index is 6.03. The number of halogens is 1. The molecule has 0 saturated carbocycles. The molecule has 4 heteroatoms. The maximum absolute atomic E-state index is 6.03. The lowest BCUT2D eigenvalue weighted by Crippen LogP contribution is -2.42. The number of piperidine rings is 1. The van der Waals surface area contributed by atoms with E-state index in [1.165, 1.54) is 18.5 Å². The number of nitrogens with one attached hydrogen (secondary N) is 1. The van der Waals surface area contributed by atoms with E-state index >= 15 is 0 Å². The zero-order valence-corrected chi connectivity index (χ0v) is 11.4. The summed E-state index contributed by atoms with van der Waals surface area (Å²) in [5.41, 5.74) is 2.28. The molecule has 1 saturated heterocycles. The topological polar surface area (TPSA) is 18.5 Å². The molecule has 2 aliphatic rings. The SMILES string of the molecule is C=C1Nc2cc(Cl)ccc2N1C1CCN(C)CC1. The van der Waals surface area contributed by atoms with Crippen LogP contribution in [0.1, 0.15) is 12.8 Å². The third kappa shape index (κ3) is 1.98. The number of fused-ring (bicyclic) bond motifs is 1. The van der Waals surface area contributed by atoms with Crippen LogP contribution < -0.4 is 10.2 Å². The van der Waals surface area contributed by atoms with Crippen LogP contribution >= 0.6 is 11.6 Å². The molecule has 0 bridgehead atoms. The third-order valence-corrected chi connectivity index (χ3v) is 4.08. The molecule has 18 heavy (non-hydrogen) atoms. The van der Waals surface area contributed by atoms with Crippen LogP contribution in [0.2, 0.25) is 5.02 Å². The first-order valence-corrected chi connectivity index (χ1v) is 6.76. The van der Waals surface area contributed by atoms with Crippen molar-refractivity contribution in [3.05, 3.63) is 35.6 Å². The quantitative estimate of drug-likeness (QED) is 0.840. The normalized spacial score (nSPS) is 21.0. The van der Waals surface area contributed by atoms with Crippen molar-refractivity contribution in [1.82, 2.24) is 4.90 Å². The lowest BCUT2D eigenvalue weighted by atomic mass is 10.0. The Kier molecular flexibility index (Phi) is 2.96. The molecule has 0 unspecified atom stereocenters. The van der Waals surface area contributed by atoms with Crippen LogP contribution in [0.15, 0.2) is 30.6 Å². The lowest BCUT2D eigenvalue weighted by molar-refractivity contribution is 0.254. The Bertz CT molecular complexity index is 478. The van der Waals surface area contributed by atoms with Gasteiger partial charge in [-0.2, -0.15) is 0 Å². The second-order valence-corrected chi connectivity index (χ2v) is 5.57. The van der Waals surface area contributed by atoms with Crippen molar-refractivity contribution in [3.8, 4) is 0 Å². The molecule has 0 radical (unpaired) electrons. The fourth-order valence-corrected chi connectivity index (χ4v) is 3.02. The van der Waals surface area contributed by atoms with E-state index in [-0.39, 0.29) is 0 Å². The molecular weight excluding hydrogens is 246 g/mol. The Morgan fingerprint density at radius 2 is 2.06 bits per heavy atom. The minimum absolute atomic E-state index is 0.545. The summed E-state index contributed by atoms with van der Waals surface area (Å²) in [5, 5.41) is 4.09. The van der Waals surface area contributed by atoms with E-state index in [1.807, 2.05) is 12.1 Å². The molecule has 0 atom stereocenters. The number of rotatable bonds is 1. The van der Waals surface area contributed by atoms with Crippen LogP contribution in [0.4, 0.5) is 11.4 Å². The fourth-order valence-electron chi connectivity index (χ4n) is 2.85. The minimum Gasteiger partial charge on any atom is -0.340 e. The van der Waals surface area contributed by atoms with Crippen molar-refractivity contribution in [2.24, 2.45) is 0 Å². The summed E-state index contributed by atoms with van der Waals surface area (Å²) in [6, 6.07) is 6.55. The Balaban J connectivity index is 1.87. The molecular formula is C14H18ClN3. The van der Waals surface area contributed by atoms with Crippen molar-refractivity contribution in [2.75, 3.05) is 30.4 Å². The summed E-state index contributed by atoms with van der Waals surface area (Å²) in [4.78, 5) is 4.71. The Morgan fingerprint density at radius 1 is 1.33 bits per heavy atom. The van der Waals surface area contributed by atoms with Gasteiger partial charge in [0, 0.05) is 11.1 Å². The van der Waals surface area contributed by atoms with Crippen LogP contribution in [0.5, 0.6) is 0 Å². The summed E-state index contributed by atoms with van der Waals surface area (Å²) < 4.78 is 0. The van der Waals surface area contributed by atoms with Crippen molar-refractivity contribution in [1.29, 1.82) is 0 Å². The molecule has 2 heterocycles. The highest BCUT2D eigenvalue weighted by molar-refractivity contribution is 6.31. The zero-order chi connectivity index (χ0) is 12.7. The van der Waals surface area contributed by atoms with Crippen LogP contribution in [-0.4, -0.2) is 31.1 Å². The molecule has 1 aromatic rings. The van der Waals surface area contributed by atoms with Gasteiger partial charge in [0.2, 0.25) is 0 Å². The molecule has 0 spiro atoms. The van der Waals surface area contributed by atoms with Crippen LogP contribution in [0, 0.1) is 0 Å². The van der Waals surface area contributed by atoms with Crippen molar-refractivity contribution in [3.63, 3.8) is 0 Å². The maximum Gasteiger partial charge on any atom is 0.103 e. The zero-order valence-electron chi connectivity index (χ0n) is 10.6. The summed E-state index contributed by atoms with van der Waals surface area (Å²) in [6.45, 7) is 6.43. The van der Waals surface area contributed by atoms with Gasteiger partial charge < -0.3 is 15.1 Å². The average Bonchev–Trinajstić information content (AvgIpc) is 2.65. The van der Waals surface area contributed by atoms with Gasteiger partial charge >= 0.3 is 0 Å². The Morgan fingerprint density at radius 3 is 2.78 bits per heavy atom. The van der Waals surface area contributed by atoms with Gasteiger partial charge in [-0.1, -0.05) is 18.2 Å². The van der Waals surface area contributed by atoms with Crippen molar-refractivity contribution < 1.29 is 0 Å². The number of hydrogen-bond acceptors (Lipinski definition) is 3. The Hall–Kier alpha value is -1.19. The van der Waals surface area contributed by atoms with E-state index in [2.05, 4.69) is 34.8 Å². The van der Waals surface area contributed by atoms with Crippen molar-refractivity contribution >= 4 is 23.0 Å². The molecule has 3 nitrogen and oxygen atoms in total. The predicted octanol–water partition coefficient (Wildman–Crippen LogP) is 3.14. The highest BCUT2D eigenvalue weighted by Gasteiger charge is 2.30. The first-order chi connectivity index (χ1) is 8.65. The summed E-state index contributed by atoms with van der Waals surface area (Å²) >= 11 is 6.03. The predicted molar refractivity (Wildman–Crippen MR) is 77.2 cm³/mol. The number of benzene rings is 1. The number of anilines is 2. The standard InChI is InChI=1S/C14H18ClN3/c1-10-16-13-9-11(15)3-4-14(13)18(10)12-5-7-17(2)8-6-12/h3-4,9,12,16H,1,5-8H2,2H3. The monoisotopic (exact) mass is 263 g/mol. The third-order valence-electron chi connectivity index (χ3n) is 3.84. The van der Waals surface area contributed by atoms with E-state index in [1.54, 1.807) is 0 Å². The first kappa shape index (κ1) is 11.9. The van der Waals surface area contributed by atoms with E-state index in [4.69, 9.17) is 11.6 Å². The molecule has 2 aliphatic heterocycles. The largest absolute Gasteiger partial charge is 0.340 e. The highest BCUT2D eigenvalue weighted by atomic mass is 35.5. The molecule has 3 rings (SSSR count). The van der Waals surface area contributed by atoms with Gasteiger partial charge in [-0.05, 0) is 51.2 Å². The smallest absolute Gasteiger partial charge is 0.103 e. The number of likely N-dealkylation sites (tertiary alicyclic amines) is 1. The molecule has 96 valence electrons. The Labute approximate surface area is 113 Å². The van der Waals surface area contributed by atoms with Gasteiger partial charge in [0.25, 0.3) is 0 Å². The van der Waals surface area contributed by atoms with Crippen LogP contribution in [0.3, 0.4) is 0 Å². The van der Waals surface area contributed by atoms with Gasteiger partial charge in [-0.25, -0.2) is 0 Å². The van der Waals surface area contributed by atoms with E-state index in [0.717, 1.165) is 29.6 Å². The van der Waals surface area contributed by atoms with Gasteiger partial charge in [-0.3, -0.25) is 0 Å². The van der Waals surface area contributed by atoms with Gasteiger partial charge in [0.15, 0.2) is 0 Å².